The summed E-state index contributed by atoms with van der Waals surface area (Å²) in [6, 6.07) is 3.47. The zero-order valence-electron chi connectivity index (χ0n) is 13.6. The molecule has 2 N–H and O–H groups in total. The summed E-state index contributed by atoms with van der Waals surface area (Å²) in [7, 11) is 0. The number of hydrogen-bond acceptors (Lipinski definition) is 5. The molecular formula is C17H21NO4S. The number of benzene rings is 1. The zero-order chi connectivity index (χ0) is 17.0. The molecule has 0 atom stereocenters. The predicted molar refractivity (Wildman–Crippen MR) is 92.4 cm³/mol. The van der Waals surface area contributed by atoms with Gasteiger partial charge < -0.3 is 15.2 Å². The Morgan fingerprint density at radius 2 is 2.04 bits per heavy atom. The molecule has 0 aliphatic heterocycles. The number of carbonyl (C=O) groups excluding carboxylic acids is 2. The Labute approximate surface area is 139 Å². The first kappa shape index (κ1) is 17.3. The smallest absolute Gasteiger partial charge is 0.341 e. The average Bonchev–Trinajstić information content (AvgIpc) is 2.86. The molecule has 0 saturated carbocycles. The highest BCUT2D eigenvalue weighted by atomic mass is 32.1. The highest BCUT2D eigenvalue weighted by Gasteiger charge is 2.24. The Bertz CT molecular complexity index is 736. The Hall–Kier alpha value is -2.08. The quantitative estimate of drug-likeness (QED) is 0.780. The van der Waals surface area contributed by atoms with Crippen molar-refractivity contribution in [3.05, 3.63) is 23.3 Å². The molecular weight excluding hydrogens is 314 g/mol. The van der Waals surface area contributed by atoms with Crippen molar-refractivity contribution in [1.29, 1.82) is 0 Å². The third kappa shape index (κ3) is 3.64. The van der Waals surface area contributed by atoms with Gasteiger partial charge in [0.1, 0.15) is 16.3 Å². The maximum Gasteiger partial charge on any atom is 0.341 e. The van der Waals surface area contributed by atoms with Crippen molar-refractivity contribution in [2.75, 3.05) is 11.9 Å². The molecule has 1 aromatic heterocycles. The van der Waals surface area contributed by atoms with Gasteiger partial charge in [-0.25, -0.2) is 4.79 Å². The second-order valence-corrected chi connectivity index (χ2v) is 6.28. The van der Waals surface area contributed by atoms with Gasteiger partial charge in [-0.1, -0.05) is 19.4 Å². The number of amides is 1. The lowest BCUT2D eigenvalue weighted by Crippen LogP contribution is -2.11. The van der Waals surface area contributed by atoms with Crippen molar-refractivity contribution in [1.82, 2.24) is 0 Å². The van der Waals surface area contributed by atoms with Crippen molar-refractivity contribution in [3.63, 3.8) is 0 Å². The first-order valence-corrected chi connectivity index (χ1v) is 8.53. The molecule has 0 fully saturated rings. The third-order valence-corrected chi connectivity index (χ3v) is 4.60. The second-order valence-electron chi connectivity index (χ2n) is 5.26. The first-order chi connectivity index (χ1) is 11.0. The van der Waals surface area contributed by atoms with Crippen LogP contribution in [-0.2, 0) is 16.0 Å². The monoisotopic (exact) mass is 335 g/mol. The number of hydrogen-bond donors (Lipinski definition) is 2. The number of aryl methyl sites for hydroxylation is 1. The summed E-state index contributed by atoms with van der Waals surface area (Å²) in [4.78, 5) is 23.9. The van der Waals surface area contributed by atoms with E-state index in [0.29, 0.717) is 20.7 Å². The summed E-state index contributed by atoms with van der Waals surface area (Å²) < 4.78 is 5.75. The van der Waals surface area contributed by atoms with Gasteiger partial charge in [-0.05, 0) is 31.4 Å². The molecule has 23 heavy (non-hydrogen) atoms. The number of fused-ring (bicyclic) bond motifs is 1. The summed E-state index contributed by atoms with van der Waals surface area (Å²) in [5.41, 5.74) is 1.32. The number of anilines is 1. The standard InChI is InChI=1S/C17H21NO4S/c1-4-6-7-11-8-9-12(20)15-13(11)14(17(21)22-5-2)16(23-15)18-10(3)19/h8-9,20H,4-7H2,1-3H3,(H,18,19). The number of carbonyl (C=O) groups is 2. The summed E-state index contributed by atoms with van der Waals surface area (Å²) in [6.45, 7) is 5.47. The van der Waals surface area contributed by atoms with Gasteiger partial charge in [-0.3, -0.25) is 4.79 Å². The van der Waals surface area contributed by atoms with E-state index in [1.54, 1.807) is 13.0 Å². The van der Waals surface area contributed by atoms with Crippen LogP contribution >= 0.6 is 11.3 Å². The van der Waals surface area contributed by atoms with Gasteiger partial charge in [-0.15, -0.1) is 11.3 Å². The Morgan fingerprint density at radius 3 is 2.65 bits per heavy atom. The van der Waals surface area contributed by atoms with Gasteiger partial charge in [0.2, 0.25) is 5.91 Å². The maximum atomic E-state index is 12.4. The third-order valence-electron chi connectivity index (χ3n) is 3.47. The van der Waals surface area contributed by atoms with Crippen LogP contribution in [0.25, 0.3) is 10.1 Å². The topological polar surface area (TPSA) is 75.6 Å². The molecule has 1 heterocycles. The van der Waals surface area contributed by atoms with Crippen LogP contribution in [0.5, 0.6) is 5.75 Å². The summed E-state index contributed by atoms with van der Waals surface area (Å²) in [6.07, 6.45) is 2.81. The molecule has 0 bridgehead atoms. The number of esters is 1. The summed E-state index contributed by atoms with van der Waals surface area (Å²) in [5.74, 6) is -0.644. The summed E-state index contributed by atoms with van der Waals surface area (Å²) >= 11 is 1.20. The Kier molecular flexibility index (Phi) is 5.60. The van der Waals surface area contributed by atoms with E-state index in [0.717, 1.165) is 24.8 Å². The molecule has 5 nitrogen and oxygen atoms in total. The van der Waals surface area contributed by atoms with Crippen molar-refractivity contribution < 1.29 is 19.4 Å². The fourth-order valence-electron chi connectivity index (χ4n) is 2.48. The highest BCUT2D eigenvalue weighted by molar-refractivity contribution is 7.24. The van der Waals surface area contributed by atoms with E-state index < -0.39 is 5.97 Å². The highest BCUT2D eigenvalue weighted by Crippen LogP contribution is 2.43. The molecule has 0 aliphatic carbocycles. The van der Waals surface area contributed by atoms with Crippen molar-refractivity contribution in [2.45, 2.75) is 40.0 Å². The van der Waals surface area contributed by atoms with Crippen LogP contribution in [0.4, 0.5) is 5.00 Å². The van der Waals surface area contributed by atoms with Gasteiger partial charge in [0, 0.05) is 12.3 Å². The normalized spacial score (nSPS) is 10.7. The number of phenolic OH excluding ortho intramolecular Hbond substituents is 1. The molecule has 2 rings (SSSR count). The van der Waals surface area contributed by atoms with E-state index in [4.69, 9.17) is 4.74 Å². The number of thiophene rings is 1. The molecule has 2 aromatic rings. The van der Waals surface area contributed by atoms with Crippen molar-refractivity contribution >= 4 is 38.3 Å². The number of unbranched alkanes of at least 4 members (excludes halogenated alkanes) is 1. The van der Waals surface area contributed by atoms with Crippen LogP contribution in [-0.4, -0.2) is 23.6 Å². The minimum absolute atomic E-state index is 0.104. The van der Waals surface area contributed by atoms with Crippen LogP contribution in [0.15, 0.2) is 12.1 Å². The fourth-order valence-corrected chi connectivity index (χ4v) is 3.67. The molecule has 0 saturated heterocycles. The molecule has 0 aliphatic rings. The lowest BCUT2D eigenvalue weighted by Gasteiger charge is -2.08. The van der Waals surface area contributed by atoms with Gasteiger partial charge in [-0.2, -0.15) is 0 Å². The van der Waals surface area contributed by atoms with Gasteiger partial charge >= 0.3 is 5.97 Å². The molecule has 0 unspecified atom stereocenters. The lowest BCUT2D eigenvalue weighted by atomic mass is 10.0. The van der Waals surface area contributed by atoms with Gasteiger partial charge in [0.05, 0.1) is 11.3 Å². The van der Waals surface area contributed by atoms with Gasteiger partial charge in [0.15, 0.2) is 0 Å². The van der Waals surface area contributed by atoms with E-state index in [1.165, 1.54) is 18.3 Å². The van der Waals surface area contributed by atoms with E-state index >= 15 is 0 Å². The maximum absolute atomic E-state index is 12.4. The summed E-state index contributed by atoms with van der Waals surface area (Å²) in [5, 5.41) is 13.9. The minimum Gasteiger partial charge on any atom is -0.506 e. The molecule has 0 spiro atoms. The number of aromatic hydroxyl groups is 1. The molecule has 1 amide bonds. The van der Waals surface area contributed by atoms with Crippen LogP contribution in [0, 0.1) is 0 Å². The lowest BCUT2D eigenvalue weighted by molar-refractivity contribution is -0.114. The van der Waals surface area contributed by atoms with Crippen molar-refractivity contribution in [2.24, 2.45) is 0 Å². The average molecular weight is 335 g/mol. The molecule has 6 heteroatoms. The van der Waals surface area contributed by atoms with Crippen LogP contribution in [0.2, 0.25) is 0 Å². The largest absolute Gasteiger partial charge is 0.506 e. The predicted octanol–water partition coefficient (Wildman–Crippen LogP) is 4.08. The zero-order valence-corrected chi connectivity index (χ0v) is 14.4. The van der Waals surface area contributed by atoms with E-state index in [2.05, 4.69) is 12.2 Å². The second kappa shape index (κ2) is 7.46. The minimum atomic E-state index is -0.481. The Morgan fingerprint density at radius 1 is 1.30 bits per heavy atom. The Balaban J connectivity index is 2.70. The van der Waals surface area contributed by atoms with Gasteiger partial charge in [0.25, 0.3) is 0 Å². The molecule has 0 radical (unpaired) electrons. The van der Waals surface area contributed by atoms with Crippen LogP contribution < -0.4 is 5.32 Å². The SMILES string of the molecule is CCCCc1ccc(O)c2sc(NC(C)=O)c(C(=O)OCC)c12. The van der Waals surface area contributed by atoms with Crippen molar-refractivity contribution in [3.8, 4) is 5.75 Å². The first-order valence-electron chi connectivity index (χ1n) is 7.71. The number of phenols is 1. The fraction of sp³-hybridized carbons (Fsp3) is 0.412. The van der Waals surface area contributed by atoms with E-state index in [9.17, 15) is 14.7 Å². The number of ether oxygens (including phenoxy) is 1. The number of nitrogens with one attached hydrogen (secondary N) is 1. The van der Waals surface area contributed by atoms with E-state index in [1.807, 2.05) is 6.07 Å². The van der Waals surface area contributed by atoms with Crippen LogP contribution in [0.3, 0.4) is 0 Å². The molecule has 124 valence electrons. The van der Waals surface area contributed by atoms with Crippen LogP contribution in [0.1, 0.15) is 49.5 Å². The number of rotatable bonds is 6. The molecule has 1 aromatic carbocycles. The van der Waals surface area contributed by atoms with E-state index in [-0.39, 0.29) is 18.3 Å².